The molecule has 2 aromatic carbocycles. The quantitative estimate of drug-likeness (QED) is 0.356. The Labute approximate surface area is 196 Å². The molecular formula is C26H26N2O6. The van der Waals surface area contributed by atoms with Crippen molar-refractivity contribution in [2.75, 3.05) is 13.7 Å². The number of hydrogen-bond acceptors (Lipinski definition) is 6. The summed E-state index contributed by atoms with van der Waals surface area (Å²) in [6.45, 7) is 5.88. The summed E-state index contributed by atoms with van der Waals surface area (Å²) < 4.78 is 11.6. The zero-order valence-electron chi connectivity index (χ0n) is 19.6. The van der Waals surface area contributed by atoms with Crippen LogP contribution < -0.4 is 10.9 Å². The smallest absolute Gasteiger partial charge is 0.407 e. The number of ketones is 1. The first kappa shape index (κ1) is 23.2. The van der Waals surface area contributed by atoms with Gasteiger partial charge in [-0.15, -0.1) is 0 Å². The van der Waals surface area contributed by atoms with E-state index in [0.717, 1.165) is 0 Å². The van der Waals surface area contributed by atoms with E-state index in [0.29, 0.717) is 34.2 Å². The number of rotatable bonds is 5. The molecule has 0 aliphatic heterocycles. The molecule has 0 fully saturated rings. The third-order valence-corrected chi connectivity index (χ3v) is 5.57. The van der Waals surface area contributed by atoms with Crippen molar-refractivity contribution >= 4 is 28.6 Å². The number of esters is 1. The lowest BCUT2D eigenvalue weighted by molar-refractivity contribution is 0.0525. The molecule has 176 valence electrons. The number of methoxy groups -OCH3 is 1. The number of carbonyl (C=O) groups is 3. The van der Waals surface area contributed by atoms with E-state index in [-0.39, 0.29) is 35.4 Å². The van der Waals surface area contributed by atoms with Crippen molar-refractivity contribution in [3.8, 4) is 11.3 Å². The van der Waals surface area contributed by atoms with Gasteiger partial charge >= 0.3 is 12.1 Å². The summed E-state index contributed by atoms with van der Waals surface area (Å²) in [5.41, 5.74) is 1.52. The van der Waals surface area contributed by atoms with Gasteiger partial charge in [0.15, 0.2) is 5.78 Å². The number of alkyl carbamates (subject to hydrolysis) is 1. The first-order chi connectivity index (χ1) is 16.1. The average molecular weight is 463 g/mol. The minimum absolute atomic E-state index is 0.165. The van der Waals surface area contributed by atoms with Crippen LogP contribution in [0.5, 0.6) is 0 Å². The lowest BCUT2D eigenvalue weighted by atomic mass is 10.0. The SMILES string of the molecule is COC(=O)c1ccc2c3c(n(CCCNC(=O)OC(C)(C)C)c(=O)c2c1)-c1ccccc1C3=O. The van der Waals surface area contributed by atoms with Crippen LogP contribution in [0.3, 0.4) is 0 Å². The van der Waals surface area contributed by atoms with Gasteiger partial charge < -0.3 is 19.4 Å². The van der Waals surface area contributed by atoms with Crippen LogP contribution in [0.4, 0.5) is 4.79 Å². The average Bonchev–Trinajstić information content (AvgIpc) is 3.09. The topological polar surface area (TPSA) is 104 Å². The normalized spacial score (nSPS) is 12.3. The van der Waals surface area contributed by atoms with Gasteiger partial charge in [-0.1, -0.05) is 30.3 Å². The molecule has 34 heavy (non-hydrogen) atoms. The Morgan fingerprint density at radius 1 is 1.00 bits per heavy atom. The number of nitrogens with zero attached hydrogens (tertiary/aromatic N) is 1. The number of benzene rings is 2. The number of aromatic nitrogens is 1. The molecule has 8 heteroatoms. The molecule has 1 aliphatic carbocycles. The Morgan fingerprint density at radius 2 is 1.71 bits per heavy atom. The first-order valence-corrected chi connectivity index (χ1v) is 11.0. The molecule has 0 spiro atoms. The van der Waals surface area contributed by atoms with Crippen molar-refractivity contribution in [1.29, 1.82) is 0 Å². The number of nitrogens with one attached hydrogen (secondary N) is 1. The summed E-state index contributed by atoms with van der Waals surface area (Å²) in [5.74, 6) is -0.730. The minimum Gasteiger partial charge on any atom is -0.465 e. The van der Waals surface area contributed by atoms with Crippen molar-refractivity contribution in [3.05, 3.63) is 69.5 Å². The number of ether oxygens (including phenoxy) is 2. The fourth-order valence-electron chi connectivity index (χ4n) is 4.18. The molecule has 1 aromatic heterocycles. The summed E-state index contributed by atoms with van der Waals surface area (Å²) in [4.78, 5) is 50.9. The van der Waals surface area contributed by atoms with E-state index in [2.05, 4.69) is 5.32 Å². The van der Waals surface area contributed by atoms with Gasteiger partial charge in [-0.2, -0.15) is 0 Å². The van der Waals surface area contributed by atoms with E-state index >= 15 is 0 Å². The van der Waals surface area contributed by atoms with Gasteiger partial charge in [0.1, 0.15) is 5.60 Å². The van der Waals surface area contributed by atoms with Gasteiger partial charge in [-0.3, -0.25) is 9.59 Å². The Morgan fingerprint density at radius 3 is 2.38 bits per heavy atom. The summed E-state index contributed by atoms with van der Waals surface area (Å²) in [6, 6.07) is 11.8. The van der Waals surface area contributed by atoms with Crippen LogP contribution in [0, 0.1) is 0 Å². The van der Waals surface area contributed by atoms with Crippen molar-refractivity contribution in [1.82, 2.24) is 9.88 Å². The second-order valence-corrected chi connectivity index (χ2v) is 9.09. The molecule has 0 saturated carbocycles. The molecule has 0 bridgehead atoms. The summed E-state index contributed by atoms with van der Waals surface area (Å²) in [5, 5.41) is 3.45. The third-order valence-electron chi connectivity index (χ3n) is 5.57. The van der Waals surface area contributed by atoms with Gasteiger partial charge in [0.25, 0.3) is 5.56 Å². The molecule has 1 aliphatic rings. The molecule has 3 aromatic rings. The number of carbonyl (C=O) groups excluding carboxylic acids is 3. The fraction of sp³-hybridized carbons (Fsp3) is 0.308. The van der Waals surface area contributed by atoms with Crippen LogP contribution in [0.25, 0.3) is 22.0 Å². The van der Waals surface area contributed by atoms with Gasteiger partial charge in [-0.05, 0) is 39.3 Å². The van der Waals surface area contributed by atoms with Crippen molar-refractivity contribution in [2.24, 2.45) is 0 Å². The number of fused-ring (bicyclic) bond motifs is 5. The molecule has 4 rings (SSSR count). The second-order valence-electron chi connectivity index (χ2n) is 9.09. The Kier molecular flexibility index (Phi) is 6.00. The molecule has 0 radical (unpaired) electrons. The maximum Gasteiger partial charge on any atom is 0.407 e. The number of hydrogen-bond donors (Lipinski definition) is 1. The van der Waals surface area contributed by atoms with Gasteiger partial charge in [0, 0.05) is 35.0 Å². The second kappa shape index (κ2) is 8.78. The molecule has 0 atom stereocenters. The Bertz CT molecular complexity index is 1380. The van der Waals surface area contributed by atoms with Crippen LogP contribution in [-0.2, 0) is 16.0 Å². The van der Waals surface area contributed by atoms with Crippen LogP contribution >= 0.6 is 0 Å². The van der Waals surface area contributed by atoms with Crippen LogP contribution in [0.1, 0.15) is 53.5 Å². The zero-order valence-corrected chi connectivity index (χ0v) is 19.6. The molecule has 1 N–H and O–H groups in total. The molecule has 1 amide bonds. The largest absolute Gasteiger partial charge is 0.465 e. The zero-order chi connectivity index (χ0) is 24.6. The van der Waals surface area contributed by atoms with E-state index in [9.17, 15) is 19.2 Å². The fourth-order valence-corrected chi connectivity index (χ4v) is 4.18. The van der Waals surface area contributed by atoms with Crippen LogP contribution in [0.2, 0.25) is 0 Å². The summed E-state index contributed by atoms with van der Waals surface area (Å²) in [7, 11) is 1.27. The Balaban J connectivity index is 1.76. The van der Waals surface area contributed by atoms with E-state index in [1.807, 2.05) is 12.1 Å². The Hall–Kier alpha value is -3.94. The standard InChI is InChI=1S/C26H26N2O6/c1-26(2,3)34-25(32)27-12-7-13-28-21-17-8-5-6-9-18(17)22(29)20(21)16-11-10-15(24(31)33-4)14-19(16)23(28)30/h5-6,8-11,14H,7,12-13H2,1-4H3,(H,27,32). The highest BCUT2D eigenvalue weighted by Gasteiger charge is 2.32. The molecule has 8 nitrogen and oxygen atoms in total. The molecular weight excluding hydrogens is 436 g/mol. The lowest BCUT2D eigenvalue weighted by Crippen LogP contribution is -2.33. The predicted octanol–water partition coefficient (Wildman–Crippen LogP) is 3.91. The monoisotopic (exact) mass is 462 g/mol. The predicted molar refractivity (Wildman–Crippen MR) is 127 cm³/mol. The van der Waals surface area contributed by atoms with E-state index < -0.39 is 17.7 Å². The molecule has 0 saturated heterocycles. The highest BCUT2D eigenvalue weighted by Crippen LogP contribution is 2.39. The molecule has 0 unspecified atom stereocenters. The van der Waals surface area contributed by atoms with Gasteiger partial charge in [-0.25, -0.2) is 9.59 Å². The van der Waals surface area contributed by atoms with E-state index in [4.69, 9.17) is 9.47 Å². The maximum absolute atomic E-state index is 13.6. The van der Waals surface area contributed by atoms with Crippen molar-refractivity contribution < 1.29 is 23.9 Å². The summed E-state index contributed by atoms with van der Waals surface area (Å²) in [6.07, 6.45) is -0.101. The number of pyridine rings is 1. The molecule has 1 heterocycles. The van der Waals surface area contributed by atoms with Crippen LogP contribution in [0.15, 0.2) is 47.3 Å². The van der Waals surface area contributed by atoms with Gasteiger partial charge in [0.2, 0.25) is 0 Å². The lowest BCUT2D eigenvalue weighted by Gasteiger charge is -2.20. The maximum atomic E-state index is 13.6. The summed E-state index contributed by atoms with van der Waals surface area (Å²) >= 11 is 0. The van der Waals surface area contributed by atoms with E-state index in [1.165, 1.54) is 13.2 Å². The first-order valence-electron chi connectivity index (χ1n) is 11.0. The minimum atomic E-state index is -0.610. The van der Waals surface area contributed by atoms with E-state index in [1.54, 1.807) is 49.6 Å². The van der Waals surface area contributed by atoms with Crippen molar-refractivity contribution in [2.45, 2.75) is 39.3 Å². The third kappa shape index (κ3) is 4.19. The highest BCUT2D eigenvalue weighted by molar-refractivity contribution is 6.26. The van der Waals surface area contributed by atoms with Crippen molar-refractivity contribution in [3.63, 3.8) is 0 Å². The van der Waals surface area contributed by atoms with Gasteiger partial charge in [0.05, 0.1) is 23.9 Å². The highest BCUT2D eigenvalue weighted by atomic mass is 16.6. The number of amides is 1. The van der Waals surface area contributed by atoms with Crippen LogP contribution in [-0.4, -0.2) is 41.7 Å².